The van der Waals surface area contributed by atoms with Gasteiger partial charge in [0.1, 0.15) is 0 Å². The molecule has 0 saturated carbocycles. The highest BCUT2D eigenvalue weighted by molar-refractivity contribution is 9.10. The third-order valence-electron chi connectivity index (χ3n) is 3.84. The van der Waals surface area contributed by atoms with Gasteiger partial charge in [-0.25, -0.2) is 0 Å². The maximum Gasteiger partial charge on any atom is 0.0576 e. The van der Waals surface area contributed by atoms with Gasteiger partial charge >= 0.3 is 0 Å². The van der Waals surface area contributed by atoms with Crippen LogP contribution in [0.15, 0.2) is 28.7 Å². The van der Waals surface area contributed by atoms with Crippen molar-refractivity contribution in [3.05, 3.63) is 34.3 Å². The summed E-state index contributed by atoms with van der Waals surface area (Å²) >= 11 is 3.50. The molecule has 0 amide bonds. The second kappa shape index (κ2) is 8.03. The minimum absolute atomic E-state index is 0.500. The number of halogens is 1. The normalized spacial score (nSPS) is 20.6. The largest absolute Gasteiger partial charge is 0.378 e. The van der Waals surface area contributed by atoms with E-state index in [2.05, 4.69) is 52.4 Å². The standard InChI is InChI=1S/C16H24BrNO/c1-2-18-12-14(7-10-16-4-3-11-19-16)13-5-8-15(17)9-6-13/h5-6,8-9,14,16,18H,2-4,7,10-12H2,1H3. The van der Waals surface area contributed by atoms with Crippen molar-refractivity contribution in [2.24, 2.45) is 0 Å². The van der Waals surface area contributed by atoms with Crippen molar-refractivity contribution in [3.63, 3.8) is 0 Å². The van der Waals surface area contributed by atoms with Crippen LogP contribution in [0.25, 0.3) is 0 Å². The molecule has 1 saturated heterocycles. The zero-order chi connectivity index (χ0) is 13.5. The molecule has 0 bridgehead atoms. The van der Waals surface area contributed by atoms with E-state index in [1.807, 2.05) is 0 Å². The monoisotopic (exact) mass is 325 g/mol. The van der Waals surface area contributed by atoms with Crippen LogP contribution in [0.2, 0.25) is 0 Å². The van der Waals surface area contributed by atoms with E-state index in [4.69, 9.17) is 4.74 Å². The lowest BCUT2D eigenvalue weighted by Gasteiger charge is -2.20. The maximum atomic E-state index is 5.73. The van der Waals surface area contributed by atoms with Gasteiger partial charge in [0, 0.05) is 17.6 Å². The van der Waals surface area contributed by atoms with E-state index in [-0.39, 0.29) is 0 Å². The summed E-state index contributed by atoms with van der Waals surface area (Å²) < 4.78 is 6.89. The molecule has 0 aliphatic carbocycles. The van der Waals surface area contributed by atoms with E-state index in [1.54, 1.807) is 0 Å². The summed E-state index contributed by atoms with van der Waals surface area (Å²) in [5.74, 6) is 0.595. The summed E-state index contributed by atoms with van der Waals surface area (Å²) in [5.41, 5.74) is 1.43. The highest BCUT2D eigenvalue weighted by atomic mass is 79.9. The molecule has 0 aromatic heterocycles. The molecule has 106 valence electrons. The lowest BCUT2D eigenvalue weighted by Crippen LogP contribution is -2.22. The van der Waals surface area contributed by atoms with Crippen LogP contribution >= 0.6 is 15.9 Å². The number of hydrogen-bond donors (Lipinski definition) is 1. The molecule has 1 aliphatic rings. The van der Waals surface area contributed by atoms with E-state index < -0.39 is 0 Å². The van der Waals surface area contributed by atoms with Crippen molar-refractivity contribution in [2.45, 2.75) is 44.6 Å². The van der Waals surface area contributed by atoms with Crippen LogP contribution < -0.4 is 5.32 Å². The molecule has 1 aliphatic heterocycles. The lowest BCUT2D eigenvalue weighted by molar-refractivity contribution is 0.101. The first-order valence-electron chi connectivity index (χ1n) is 7.37. The first kappa shape index (κ1) is 15.0. The molecule has 1 fully saturated rings. The maximum absolute atomic E-state index is 5.73. The van der Waals surface area contributed by atoms with Crippen LogP contribution in [0.3, 0.4) is 0 Å². The Morgan fingerprint density at radius 1 is 1.37 bits per heavy atom. The number of rotatable bonds is 7. The Morgan fingerprint density at radius 3 is 2.79 bits per heavy atom. The predicted molar refractivity (Wildman–Crippen MR) is 83.6 cm³/mol. The van der Waals surface area contributed by atoms with Gasteiger partial charge in [-0.05, 0) is 55.8 Å². The van der Waals surface area contributed by atoms with Gasteiger partial charge in [0.25, 0.3) is 0 Å². The Kier molecular flexibility index (Phi) is 6.35. The smallest absolute Gasteiger partial charge is 0.0576 e. The summed E-state index contributed by atoms with van der Waals surface area (Å²) in [6.45, 7) is 5.22. The van der Waals surface area contributed by atoms with Crippen LogP contribution in [0.5, 0.6) is 0 Å². The molecule has 19 heavy (non-hydrogen) atoms. The summed E-state index contributed by atoms with van der Waals surface area (Å²) in [6, 6.07) is 8.75. The third kappa shape index (κ3) is 4.90. The third-order valence-corrected chi connectivity index (χ3v) is 4.37. The van der Waals surface area contributed by atoms with E-state index in [0.717, 1.165) is 24.2 Å². The Bertz CT molecular complexity index is 360. The molecule has 2 unspecified atom stereocenters. The van der Waals surface area contributed by atoms with Crippen molar-refractivity contribution >= 4 is 15.9 Å². The Hall–Kier alpha value is -0.380. The highest BCUT2D eigenvalue weighted by Gasteiger charge is 2.18. The molecule has 2 atom stereocenters. The van der Waals surface area contributed by atoms with Crippen LogP contribution in [0.4, 0.5) is 0 Å². The Balaban J connectivity index is 1.91. The predicted octanol–water partition coefficient (Wildman–Crippen LogP) is 4.10. The molecular formula is C16H24BrNO. The molecule has 2 nitrogen and oxygen atoms in total. The van der Waals surface area contributed by atoms with Gasteiger partial charge in [0.05, 0.1) is 6.10 Å². The van der Waals surface area contributed by atoms with Crippen LogP contribution in [-0.2, 0) is 4.74 Å². The van der Waals surface area contributed by atoms with Crippen LogP contribution in [0, 0.1) is 0 Å². The molecule has 2 rings (SSSR count). The summed E-state index contributed by atoms with van der Waals surface area (Å²) in [6.07, 6.45) is 5.38. The van der Waals surface area contributed by atoms with Gasteiger partial charge in [0.2, 0.25) is 0 Å². The second-order valence-electron chi connectivity index (χ2n) is 5.27. The van der Waals surface area contributed by atoms with Crippen molar-refractivity contribution in [3.8, 4) is 0 Å². The Labute approximate surface area is 125 Å². The van der Waals surface area contributed by atoms with Gasteiger partial charge in [-0.3, -0.25) is 0 Å². The van der Waals surface area contributed by atoms with Crippen molar-refractivity contribution in [1.82, 2.24) is 5.32 Å². The van der Waals surface area contributed by atoms with Crippen molar-refractivity contribution in [2.75, 3.05) is 19.7 Å². The lowest BCUT2D eigenvalue weighted by atomic mass is 9.92. The van der Waals surface area contributed by atoms with Gasteiger partial charge in [-0.15, -0.1) is 0 Å². The average molecular weight is 326 g/mol. The highest BCUT2D eigenvalue weighted by Crippen LogP contribution is 2.26. The van der Waals surface area contributed by atoms with Crippen LogP contribution in [-0.4, -0.2) is 25.8 Å². The first-order chi connectivity index (χ1) is 9.29. The summed E-state index contributed by atoms with van der Waals surface area (Å²) in [4.78, 5) is 0. The fourth-order valence-corrected chi connectivity index (χ4v) is 2.96. The molecule has 1 N–H and O–H groups in total. The quantitative estimate of drug-likeness (QED) is 0.814. The number of hydrogen-bond acceptors (Lipinski definition) is 2. The molecule has 3 heteroatoms. The topological polar surface area (TPSA) is 21.3 Å². The molecule has 0 radical (unpaired) electrons. The number of ether oxygens (including phenoxy) is 1. The van der Waals surface area contributed by atoms with Gasteiger partial charge in [-0.1, -0.05) is 35.0 Å². The molecule has 1 aromatic rings. The van der Waals surface area contributed by atoms with E-state index in [0.29, 0.717) is 12.0 Å². The van der Waals surface area contributed by atoms with Gasteiger partial charge < -0.3 is 10.1 Å². The molecule has 1 heterocycles. The van der Waals surface area contributed by atoms with E-state index in [9.17, 15) is 0 Å². The SMILES string of the molecule is CCNCC(CCC1CCCO1)c1ccc(Br)cc1. The number of benzene rings is 1. The Morgan fingerprint density at radius 2 is 2.16 bits per heavy atom. The fraction of sp³-hybridized carbons (Fsp3) is 0.625. The zero-order valence-corrected chi connectivity index (χ0v) is 13.3. The number of likely N-dealkylation sites (N-methyl/N-ethyl adjacent to an activating group) is 1. The second-order valence-corrected chi connectivity index (χ2v) is 6.18. The van der Waals surface area contributed by atoms with Crippen molar-refractivity contribution < 1.29 is 4.74 Å². The minimum atomic E-state index is 0.500. The average Bonchev–Trinajstić information content (AvgIpc) is 2.93. The van der Waals surface area contributed by atoms with E-state index in [1.165, 1.54) is 31.2 Å². The molecule has 0 spiro atoms. The zero-order valence-electron chi connectivity index (χ0n) is 11.7. The van der Waals surface area contributed by atoms with Gasteiger partial charge in [0.15, 0.2) is 0 Å². The summed E-state index contributed by atoms with van der Waals surface area (Å²) in [7, 11) is 0. The summed E-state index contributed by atoms with van der Waals surface area (Å²) in [5, 5.41) is 3.48. The van der Waals surface area contributed by atoms with Gasteiger partial charge in [-0.2, -0.15) is 0 Å². The minimum Gasteiger partial charge on any atom is -0.378 e. The number of nitrogens with one attached hydrogen (secondary N) is 1. The molecule has 1 aromatic carbocycles. The first-order valence-corrected chi connectivity index (χ1v) is 8.16. The fourth-order valence-electron chi connectivity index (χ4n) is 2.70. The molecular weight excluding hydrogens is 302 g/mol. The van der Waals surface area contributed by atoms with Crippen molar-refractivity contribution in [1.29, 1.82) is 0 Å². The van der Waals surface area contributed by atoms with E-state index >= 15 is 0 Å². The van der Waals surface area contributed by atoms with Crippen LogP contribution in [0.1, 0.15) is 44.1 Å².